The molecule has 11 heteroatoms. The Kier molecular flexibility index (Phi) is 10.6. The number of halogens is 1. The summed E-state index contributed by atoms with van der Waals surface area (Å²) in [5, 5.41) is 10.6. The normalized spacial score (nSPS) is 13.0. The average Bonchev–Trinajstić information content (AvgIpc) is 3.04. The number of carbonyl (C=O) groups is 1. The third kappa shape index (κ3) is 8.76. The van der Waals surface area contributed by atoms with Crippen molar-refractivity contribution in [3.05, 3.63) is 84.0 Å². The van der Waals surface area contributed by atoms with E-state index in [0.717, 1.165) is 60.5 Å². The molecule has 1 aliphatic heterocycles. The lowest BCUT2D eigenvalue weighted by Crippen LogP contribution is -2.36. The second-order valence-electron chi connectivity index (χ2n) is 10.0. The van der Waals surface area contributed by atoms with Crippen LogP contribution in [-0.4, -0.2) is 62.3 Å². The van der Waals surface area contributed by atoms with E-state index in [4.69, 9.17) is 16.3 Å². The number of carbonyl (C=O) groups excluding carboxylic acids is 1. The Morgan fingerprint density at radius 1 is 0.977 bits per heavy atom. The van der Waals surface area contributed by atoms with Crippen LogP contribution in [0.2, 0.25) is 5.02 Å². The lowest BCUT2D eigenvalue weighted by molar-refractivity contribution is -0.115. The van der Waals surface area contributed by atoms with E-state index in [9.17, 15) is 4.79 Å². The first kappa shape index (κ1) is 30.5. The first-order chi connectivity index (χ1) is 21.0. The van der Waals surface area contributed by atoms with E-state index in [1.807, 2.05) is 48.5 Å². The second-order valence-corrected chi connectivity index (χ2v) is 11.5. The number of nitrogens with one attached hydrogen (secondary N) is 3. The predicted octanol–water partition coefficient (Wildman–Crippen LogP) is 6.76. The Bertz CT molecular complexity index is 1480. The zero-order chi connectivity index (χ0) is 30.0. The van der Waals surface area contributed by atoms with Crippen LogP contribution in [0.5, 0.6) is 0 Å². The molecule has 1 aromatic heterocycles. The fraction of sp³-hybridized carbons (Fsp3) is 0.281. The van der Waals surface area contributed by atoms with Crippen molar-refractivity contribution >= 4 is 63.7 Å². The molecule has 3 N–H and O–H groups in total. The third-order valence-electron chi connectivity index (χ3n) is 7.03. The van der Waals surface area contributed by atoms with Gasteiger partial charge < -0.3 is 30.5 Å². The van der Waals surface area contributed by atoms with Gasteiger partial charge in [0.05, 0.1) is 24.4 Å². The van der Waals surface area contributed by atoms with Gasteiger partial charge in [-0.3, -0.25) is 4.79 Å². The minimum atomic E-state index is -0.0539. The van der Waals surface area contributed by atoms with Crippen LogP contribution in [0.15, 0.2) is 88.9 Å². The summed E-state index contributed by atoms with van der Waals surface area (Å²) in [6, 6.07) is 24.0. The van der Waals surface area contributed by atoms with Crippen LogP contribution in [0, 0.1) is 0 Å². The number of aromatic nitrogens is 2. The molecule has 1 aliphatic rings. The number of anilines is 6. The Labute approximate surface area is 262 Å². The molecular formula is C32H36ClN7O2S. The molecule has 4 aromatic rings. The minimum Gasteiger partial charge on any atom is -0.385 e. The van der Waals surface area contributed by atoms with E-state index in [-0.39, 0.29) is 5.91 Å². The van der Waals surface area contributed by atoms with E-state index >= 15 is 0 Å². The molecule has 1 amide bonds. The van der Waals surface area contributed by atoms with Crippen LogP contribution in [-0.2, 0) is 9.53 Å². The SMILES string of the molecule is CCN(C)c1ccc(Nc2ncc(Cl)c(Sc3ccc(NC(=O)CCNc4ccc(N5CCOCC5)cc4)cc3)n2)cc1. The topological polar surface area (TPSA) is 94.6 Å². The van der Waals surface area contributed by atoms with E-state index < -0.39 is 0 Å². The summed E-state index contributed by atoms with van der Waals surface area (Å²) in [5.74, 6) is 0.413. The number of hydrogen-bond donors (Lipinski definition) is 3. The number of hydrogen-bond acceptors (Lipinski definition) is 9. The summed E-state index contributed by atoms with van der Waals surface area (Å²) in [4.78, 5) is 26.9. The highest BCUT2D eigenvalue weighted by atomic mass is 35.5. The molecule has 43 heavy (non-hydrogen) atoms. The van der Waals surface area contributed by atoms with Crippen molar-refractivity contribution in [1.82, 2.24) is 9.97 Å². The molecule has 1 saturated heterocycles. The summed E-state index contributed by atoms with van der Waals surface area (Å²) in [6.45, 7) is 6.94. The van der Waals surface area contributed by atoms with Crippen LogP contribution in [0.1, 0.15) is 13.3 Å². The molecule has 5 rings (SSSR count). The molecule has 0 atom stereocenters. The standard InChI is InChI=1S/C32H36ClN7O2S/c1-3-39(2)26-10-6-25(7-11-26)37-32-35-22-29(33)31(38-32)43-28-14-8-24(9-15-28)36-30(41)16-17-34-23-4-12-27(13-5-23)40-18-20-42-21-19-40/h4-15,22,34H,3,16-21H2,1-2H3,(H,36,41)(H,35,37,38). The van der Waals surface area contributed by atoms with Crippen LogP contribution in [0.4, 0.5) is 34.4 Å². The molecular weight excluding hydrogens is 582 g/mol. The first-order valence-corrected chi connectivity index (χ1v) is 15.5. The van der Waals surface area contributed by atoms with Gasteiger partial charge in [-0.1, -0.05) is 23.4 Å². The van der Waals surface area contributed by atoms with E-state index in [1.165, 1.54) is 17.4 Å². The van der Waals surface area contributed by atoms with Gasteiger partial charge in [-0.15, -0.1) is 0 Å². The smallest absolute Gasteiger partial charge is 0.228 e. The zero-order valence-electron chi connectivity index (χ0n) is 24.3. The number of morpholine rings is 1. The lowest BCUT2D eigenvalue weighted by atomic mass is 10.2. The Morgan fingerprint density at radius 2 is 1.65 bits per heavy atom. The van der Waals surface area contributed by atoms with Gasteiger partial charge in [0.2, 0.25) is 11.9 Å². The molecule has 2 heterocycles. The van der Waals surface area contributed by atoms with Crippen molar-refractivity contribution in [1.29, 1.82) is 0 Å². The van der Waals surface area contributed by atoms with Crippen molar-refractivity contribution in [3.63, 3.8) is 0 Å². The number of rotatable bonds is 12. The molecule has 0 aliphatic carbocycles. The molecule has 0 saturated carbocycles. The largest absolute Gasteiger partial charge is 0.385 e. The number of nitrogens with zero attached hydrogens (tertiary/aromatic N) is 4. The van der Waals surface area contributed by atoms with Gasteiger partial charge in [0.1, 0.15) is 5.03 Å². The molecule has 0 spiro atoms. The predicted molar refractivity (Wildman–Crippen MR) is 177 cm³/mol. The summed E-state index contributed by atoms with van der Waals surface area (Å²) < 4.78 is 5.42. The van der Waals surface area contributed by atoms with Crippen molar-refractivity contribution in [2.45, 2.75) is 23.3 Å². The van der Waals surface area contributed by atoms with Gasteiger partial charge >= 0.3 is 0 Å². The Balaban J connectivity index is 1.08. The highest BCUT2D eigenvalue weighted by molar-refractivity contribution is 7.99. The maximum atomic E-state index is 12.5. The minimum absolute atomic E-state index is 0.0539. The van der Waals surface area contributed by atoms with Gasteiger partial charge in [-0.05, 0) is 79.7 Å². The molecule has 0 unspecified atom stereocenters. The van der Waals surface area contributed by atoms with E-state index in [0.29, 0.717) is 29.0 Å². The average molecular weight is 618 g/mol. The number of amides is 1. The molecule has 1 fully saturated rings. The van der Waals surface area contributed by atoms with Crippen LogP contribution in [0.25, 0.3) is 0 Å². The lowest BCUT2D eigenvalue weighted by Gasteiger charge is -2.28. The fourth-order valence-electron chi connectivity index (χ4n) is 4.47. The van der Waals surface area contributed by atoms with Crippen LogP contribution in [0.3, 0.4) is 0 Å². The highest BCUT2D eigenvalue weighted by Crippen LogP contribution is 2.33. The van der Waals surface area contributed by atoms with Crippen molar-refractivity contribution in [2.24, 2.45) is 0 Å². The molecule has 0 bridgehead atoms. The van der Waals surface area contributed by atoms with E-state index in [2.05, 4.69) is 74.0 Å². The summed E-state index contributed by atoms with van der Waals surface area (Å²) in [6.07, 6.45) is 1.95. The van der Waals surface area contributed by atoms with Crippen molar-refractivity contribution < 1.29 is 9.53 Å². The molecule has 3 aromatic carbocycles. The van der Waals surface area contributed by atoms with Gasteiger partial charge in [-0.2, -0.15) is 0 Å². The molecule has 9 nitrogen and oxygen atoms in total. The quantitative estimate of drug-likeness (QED) is 0.149. The van der Waals surface area contributed by atoms with Crippen LogP contribution < -0.4 is 25.8 Å². The van der Waals surface area contributed by atoms with Gasteiger partial charge in [0, 0.05) is 73.0 Å². The second kappa shape index (κ2) is 15.0. The van der Waals surface area contributed by atoms with Gasteiger partial charge in [0.15, 0.2) is 0 Å². The van der Waals surface area contributed by atoms with E-state index in [1.54, 1.807) is 6.20 Å². The highest BCUT2D eigenvalue weighted by Gasteiger charge is 2.12. The van der Waals surface area contributed by atoms with Gasteiger partial charge in [-0.25, -0.2) is 9.97 Å². The molecule has 0 radical (unpaired) electrons. The molecule has 224 valence electrons. The van der Waals surface area contributed by atoms with Gasteiger partial charge in [0.25, 0.3) is 0 Å². The summed E-state index contributed by atoms with van der Waals surface area (Å²) in [7, 11) is 2.06. The van der Waals surface area contributed by atoms with Crippen LogP contribution >= 0.6 is 23.4 Å². The van der Waals surface area contributed by atoms with Crippen molar-refractivity contribution in [3.8, 4) is 0 Å². The van der Waals surface area contributed by atoms with Crippen molar-refractivity contribution in [2.75, 3.05) is 72.2 Å². The Hall–Kier alpha value is -3.99. The summed E-state index contributed by atoms with van der Waals surface area (Å²) in [5.41, 5.74) is 4.95. The number of benzene rings is 3. The Morgan fingerprint density at radius 3 is 2.35 bits per heavy atom. The first-order valence-electron chi connectivity index (χ1n) is 14.3. The number of ether oxygens (including phenoxy) is 1. The fourth-order valence-corrected chi connectivity index (χ4v) is 5.45. The third-order valence-corrected chi connectivity index (χ3v) is 8.43. The zero-order valence-corrected chi connectivity index (χ0v) is 25.9. The monoisotopic (exact) mass is 617 g/mol. The maximum Gasteiger partial charge on any atom is 0.228 e. The maximum absolute atomic E-state index is 12.5. The summed E-state index contributed by atoms with van der Waals surface area (Å²) >= 11 is 7.84.